The molecule has 110 valence electrons. The Balaban J connectivity index is 2.38. The van der Waals surface area contributed by atoms with Crippen LogP contribution in [0.5, 0.6) is 0 Å². The maximum absolute atomic E-state index is 12.0. The molecule has 1 aliphatic rings. The van der Waals surface area contributed by atoms with Gasteiger partial charge in [0, 0.05) is 10.6 Å². The number of methoxy groups -OCH3 is 1. The van der Waals surface area contributed by atoms with Gasteiger partial charge in [0.15, 0.2) is 11.9 Å². The van der Waals surface area contributed by atoms with E-state index in [1.54, 1.807) is 6.07 Å². The average Bonchev–Trinajstić information content (AvgIpc) is 2.87. The highest BCUT2D eigenvalue weighted by Gasteiger charge is 2.50. The molecule has 2 atom stereocenters. The molecule has 2 rings (SSSR count). The molecule has 0 amide bonds. The Kier molecular flexibility index (Phi) is 4.68. The monoisotopic (exact) mass is 298 g/mol. The number of rotatable bonds is 4. The van der Waals surface area contributed by atoms with Crippen LogP contribution in [0, 0.1) is 0 Å². The summed E-state index contributed by atoms with van der Waals surface area (Å²) < 4.78 is 16.7. The predicted molar refractivity (Wildman–Crippen MR) is 75.5 cm³/mol. The molecule has 0 radical (unpaired) electrons. The lowest BCUT2D eigenvalue weighted by atomic mass is 10.0. The molecule has 1 aromatic rings. The molecule has 0 unspecified atom stereocenters. The third-order valence-electron chi connectivity index (χ3n) is 3.68. The molecule has 0 aliphatic carbocycles. The van der Waals surface area contributed by atoms with Crippen molar-refractivity contribution in [2.75, 3.05) is 7.11 Å². The first-order valence-electron chi connectivity index (χ1n) is 6.74. The van der Waals surface area contributed by atoms with Gasteiger partial charge in [-0.25, -0.2) is 4.79 Å². The van der Waals surface area contributed by atoms with Crippen molar-refractivity contribution < 1.29 is 19.0 Å². The second kappa shape index (κ2) is 6.12. The van der Waals surface area contributed by atoms with E-state index in [-0.39, 0.29) is 0 Å². The number of carbonyl (C=O) groups excluding carboxylic acids is 1. The van der Waals surface area contributed by atoms with Gasteiger partial charge in [0.1, 0.15) is 6.10 Å². The zero-order valence-corrected chi connectivity index (χ0v) is 12.6. The Morgan fingerprint density at radius 2 is 1.95 bits per heavy atom. The summed E-state index contributed by atoms with van der Waals surface area (Å²) in [6, 6.07) is 7.30. The summed E-state index contributed by atoms with van der Waals surface area (Å²) >= 11 is 6.21. The third kappa shape index (κ3) is 2.68. The number of halogens is 1. The third-order valence-corrected chi connectivity index (χ3v) is 4.03. The van der Waals surface area contributed by atoms with E-state index in [2.05, 4.69) is 0 Å². The molecular weight excluding hydrogens is 280 g/mol. The second-order valence-electron chi connectivity index (χ2n) is 4.74. The number of hydrogen-bond acceptors (Lipinski definition) is 4. The van der Waals surface area contributed by atoms with Gasteiger partial charge in [-0.15, -0.1) is 0 Å². The van der Waals surface area contributed by atoms with Crippen LogP contribution in [0.25, 0.3) is 0 Å². The number of carbonyl (C=O) groups is 1. The molecule has 0 N–H and O–H groups in total. The zero-order valence-electron chi connectivity index (χ0n) is 11.9. The summed E-state index contributed by atoms with van der Waals surface area (Å²) in [5, 5.41) is 0.554. The van der Waals surface area contributed by atoms with Gasteiger partial charge in [0.05, 0.1) is 7.11 Å². The maximum atomic E-state index is 12.0. The standard InChI is InChI=1S/C15H19ClO4/c1-4-15(5-2)19-12(13(20-15)14(17)18-3)10-8-6-7-9-11(10)16/h6-9,12-13H,4-5H2,1-3H3/t12-,13+/m1/s1. The maximum Gasteiger partial charge on any atom is 0.338 e. The number of benzene rings is 1. The van der Waals surface area contributed by atoms with Gasteiger partial charge in [-0.1, -0.05) is 43.6 Å². The van der Waals surface area contributed by atoms with Crippen LogP contribution in [0.2, 0.25) is 5.02 Å². The van der Waals surface area contributed by atoms with Gasteiger partial charge in [-0.3, -0.25) is 0 Å². The van der Waals surface area contributed by atoms with Crippen molar-refractivity contribution in [1.29, 1.82) is 0 Å². The van der Waals surface area contributed by atoms with Crippen molar-refractivity contribution >= 4 is 17.6 Å². The van der Waals surface area contributed by atoms with Crippen molar-refractivity contribution in [3.8, 4) is 0 Å². The Morgan fingerprint density at radius 1 is 1.30 bits per heavy atom. The van der Waals surface area contributed by atoms with Crippen LogP contribution in [-0.4, -0.2) is 25.0 Å². The lowest BCUT2D eigenvalue weighted by molar-refractivity contribution is -0.187. The van der Waals surface area contributed by atoms with E-state index in [0.717, 1.165) is 5.56 Å². The van der Waals surface area contributed by atoms with Crippen LogP contribution in [0.15, 0.2) is 24.3 Å². The van der Waals surface area contributed by atoms with E-state index in [4.69, 9.17) is 25.8 Å². The van der Waals surface area contributed by atoms with Crippen LogP contribution >= 0.6 is 11.6 Å². The molecule has 1 fully saturated rings. The van der Waals surface area contributed by atoms with E-state index in [1.807, 2.05) is 32.0 Å². The molecular formula is C15H19ClO4. The van der Waals surface area contributed by atoms with Gasteiger partial charge >= 0.3 is 5.97 Å². The summed E-state index contributed by atoms with van der Waals surface area (Å²) in [4.78, 5) is 12.0. The van der Waals surface area contributed by atoms with E-state index < -0.39 is 24.0 Å². The van der Waals surface area contributed by atoms with Gasteiger partial charge < -0.3 is 14.2 Å². The molecule has 0 saturated carbocycles. The lowest BCUT2D eigenvalue weighted by Gasteiger charge is -2.25. The van der Waals surface area contributed by atoms with Gasteiger partial charge in [0.2, 0.25) is 0 Å². The topological polar surface area (TPSA) is 44.8 Å². The van der Waals surface area contributed by atoms with Crippen LogP contribution in [0.4, 0.5) is 0 Å². The highest BCUT2D eigenvalue weighted by atomic mass is 35.5. The minimum absolute atomic E-state index is 0.446. The number of ether oxygens (including phenoxy) is 3. The fraction of sp³-hybridized carbons (Fsp3) is 0.533. The second-order valence-corrected chi connectivity index (χ2v) is 5.15. The highest BCUT2D eigenvalue weighted by molar-refractivity contribution is 6.31. The molecule has 1 heterocycles. The van der Waals surface area contributed by atoms with Crippen molar-refractivity contribution in [2.45, 2.75) is 44.7 Å². The molecule has 5 heteroatoms. The smallest absolute Gasteiger partial charge is 0.338 e. The van der Waals surface area contributed by atoms with E-state index in [1.165, 1.54) is 7.11 Å². The van der Waals surface area contributed by atoms with Crippen molar-refractivity contribution in [3.63, 3.8) is 0 Å². The molecule has 0 aromatic heterocycles. The fourth-order valence-electron chi connectivity index (χ4n) is 2.42. The molecule has 1 aliphatic heterocycles. The van der Waals surface area contributed by atoms with E-state index in [9.17, 15) is 4.79 Å². The predicted octanol–water partition coefficient (Wildman–Crippen LogP) is 3.49. The van der Waals surface area contributed by atoms with Crippen LogP contribution in [0.3, 0.4) is 0 Å². The molecule has 20 heavy (non-hydrogen) atoms. The zero-order chi connectivity index (χ0) is 14.8. The molecule has 1 saturated heterocycles. The highest BCUT2D eigenvalue weighted by Crippen LogP contribution is 2.44. The van der Waals surface area contributed by atoms with Gasteiger partial charge in [-0.2, -0.15) is 0 Å². The number of hydrogen-bond donors (Lipinski definition) is 0. The summed E-state index contributed by atoms with van der Waals surface area (Å²) in [6.45, 7) is 3.93. The number of esters is 1. The minimum Gasteiger partial charge on any atom is -0.467 e. The Labute approximate surface area is 124 Å². The Bertz CT molecular complexity index is 485. The van der Waals surface area contributed by atoms with Crippen molar-refractivity contribution in [2.24, 2.45) is 0 Å². The van der Waals surface area contributed by atoms with Crippen LogP contribution in [0.1, 0.15) is 38.4 Å². The SMILES string of the molecule is CCC1(CC)O[C@H](C(=O)OC)[C@@H](c2ccccc2Cl)O1. The van der Waals surface area contributed by atoms with E-state index in [0.29, 0.717) is 17.9 Å². The normalized spacial score (nSPS) is 24.6. The van der Waals surface area contributed by atoms with Crippen LogP contribution in [-0.2, 0) is 19.0 Å². The van der Waals surface area contributed by atoms with Gasteiger partial charge in [0.25, 0.3) is 0 Å². The first kappa shape index (κ1) is 15.3. The minimum atomic E-state index is -0.792. The first-order valence-corrected chi connectivity index (χ1v) is 7.12. The van der Waals surface area contributed by atoms with Crippen LogP contribution < -0.4 is 0 Å². The summed E-state index contributed by atoms with van der Waals surface area (Å²) in [7, 11) is 1.34. The van der Waals surface area contributed by atoms with Crippen molar-refractivity contribution in [1.82, 2.24) is 0 Å². The fourth-order valence-corrected chi connectivity index (χ4v) is 2.66. The van der Waals surface area contributed by atoms with Crippen molar-refractivity contribution in [3.05, 3.63) is 34.9 Å². The summed E-state index contributed by atoms with van der Waals surface area (Å²) in [5.74, 6) is -1.21. The van der Waals surface area contributed by atoms with Gasteiger partial charge in [-0.05, 0) is 18.9 Å². The summed E-state index contributed by atoms with van der Waals surface area (Å²) in [5.41, 5.74) is 0.744. The quantitative estimate of drug-likeness (QED) is 0.798. The Hall–Kier alpha value is -1.10. The summed E-state index contributed by atoms with van der Waals surface area (Å²) in [6.07, 6.45) is -0.0357. The molecule has 4 nitrogen and oxygen atoms in total. The van der Waals surface area contributed by atoms with E-state index >= 15 is 0 Å². The molecule has 1 aromatic carbocycles. The lowest BCUT2D eigenvalue weighted by Crippen LogP contribution is -2.32. The molecule has 0 bridgehead atoms. The molecule has 0 spiro atoms. The largest absolute Gasteiger partial charge is 0.467 e. The first-order chi connectivity index (χ1) is 9.56. The Morgan fingerprint density at radius 3 is 2.50 bits per heavy atom. The average molecular weight is 299 g/mol.